The van der Waals surface area contributed by atoms with E-state index in [0.29, 0.717) is 0 Å². The number of H-pyrrole nitrogens is 1. The van der Waals surface area contributed by atoms with Crippen LogP contribution in [-0.4, -0.2) is 33.6 Å². The summed E-state index contributed by atoms with van der Waals surface area (Å²) in [6, 6.07) is 5.23. The first-order valence-electron chi connectivity index (χ1n) is 8.94. The fourth-order valence-corrected chi connectivity index (χ4v) is 3.11. The minimum atomic E-state index is -2.91. The zero-order chi connectivity index (χ0) is 22.9. The van der Waals surface area contributed by atoms with E-state index in [-0.39, 0.29) is 33.0 Å². The molecule has 0 aliphatic heterocycles. The molecule has 0 radical (unpaired) electrons. The maximum Gasteiger partial charge on any atom is 0.347 e. The maximum atomic E-state index is 14.3. The topological polar surface area (TPSA) is 69.2 Å². The van der Waals surface area contributed by atoms with E-state index in [1.54, 1.807) is 0 Å². The molecule has 3 rings (SSSR count). The summed E-state index contributed by atoms with van der Waals surface area (Å²) < 4.78 is 55.1. The van der Waals surface area contributed by atoms with Crippen LogP contribution in [0.5, 0.6) is 0 Å². The third-order valence-electron chi connectivity index (χ3n) is 4.02. The van der Waals surface area contributed by atoms with E-state index in [9.17, 15) is 27.5 Å². The second-order valence-corrected chi connectivity index (χ2v) is 7.59. The van der Waals surface area contributed by atoms with E-state index < -0.39 is 35.9 Å². The Hall–Kier alpha value is -3.09. The molecule has 0 fully saturated rings. The smallest absolute Gasteiger partial charge is 0.347 e. The molecule has 31 heavy (non-hydrogen) atoms. The van der Waals surface area contributed by atoms with E-state index in [1.165, 1.54) is 19.9 Å². The lowest BCUT2D eigenvalue weighted by Crippen LogP contribution is -2.28. The molecule has 2 aromatic carbocycles. The highest BCUT2D eigenvalue weighted by Gasteiger charge is 2.22. The monoisotopic (exact) mass is 453 g/mol. The molecule has 0 aliphatic carbocycles. The quantitative estimate of drug-likeness (QED) is 0.454. The predicted molar refractivity (Wildman–Crippen MR) is 110 cm³/mol. The summed E-state index contributed by atoms with van der Waals surface area (Å²) in [4.78, 5) is 19.0. The van der Waals surface area contributed by atoms with Crippen LogP contribution in [0, 0.1) is 23.5 Å². The molecule has 162 valence electrons. The van der Waals surface area contributed by atoms with Crippen molar-refractivity contribution < 1.29 is 22.7 Å². The van der Waals surface area contributed by atoms with Crippen molar-refractivity contribution in [2.75, 3.05) is 11.4 Å². The van der Waals surface area contributed by atoms with Gasteiger partial charge in [-0.25, -0.2) is 22.4 Å². The normalized spacial score (nSPS) is 11.5. The number of fused-ring (bicyclic) bond motifs is 1. The second-order valence-electron chi connectivity index (χ2n) is 7.18. The van der Waals surface area contributed by atoms with Crippen LogP contribution in [-0.2, 0) is 0 Å². The van der Waals surface area contributed by atoms with Crippen LogP contribution in [0.4, 0.5) is 29.1 Å². The molecule has 1 aromatic heterocycles. The number of rotatable bonds is 4. The van der Waals surface area contributed by atoms with Gasteiger partial charge in [0.15, 0.2) is 0 Å². The highest BCUT2D eigenvalue weighted by Crippen LogP contribution is 2.33. The highest BCUT2D eigenvalue weighted by molar-refractivity contribution is 6.35. The van der Waals surface area contributed by atoms with Crippen LogP contribution in [0.3, 0.4) is 0 Å². The summed E-state index contributed by atoms with van der Waals surface area (Å²) in [5.74, 6) is 3.17. The first-order chi connectivity index (χ1) is 14.4. The lowest BCUT2D eigenvalue weighted by molar-refractivity contribution is 0.143. The van der Waals surface area contributed by atoms with Crippen LogP contribution < -0.4 is 10.6 Å². The number of hydrogen-bond donors (Lipinski definition) is 2. The SMILES string of the molecule is CC(C)(O)C#Cc1cc(F)cc(N(CC(F)F)c2nc(=O)[nH]c3c(Cl)cc(F)cc23)c1. The predicted octanol–water partition coefficient (Wildman–Crippen LogP) is 4.38. The number of hydrogen-bond acceptors (Lipinski definition) is 4. The Morgan fingerprint density at radius 2 is 1.87 bits per heavy atom. The number of aliphatic hydroxyl groups is 1. The summed E-state index contributed by atoms with van der Waals surface area (Å²) in [5.41, 5.74) is -2.28. The molecule has 0 bridgehead atoms. The third kappa shape index (κ3) is 5.54. The van der Waals surface area contributed by atoms with Gasteiger partial charge < -0.3 is 15.0 Å². The molecule has 0 spiro atoms. The number of halogens is 5. The van der Waals surface area contributed by atoms with Crippen LogP contribution in [0.1, 0.15) is 19.4 Å². The van der Waals surface area contributed by atoms with Crippen LogP contribution in [0.2, 0.25) is 5.02 Å². The number of benzene rings is 2. The molecule has 0 unspecified atom stereocenters. The largest absolute Gasteiger partial charge is 0.378 e. The van der Waals surface area contributed by atoms with Gasteiger partial charge in [0.25, 0.3) is 6.43 Å². The van der Waals surface area contributed by atoms with Gasteiger partial charge in [0.05, 0.1) is 17.1 Å². The van der Waals surface area contributed by atoms with Gasteiger partial charge in [-0.05, 0) is 44.2 Å². The van der Waals surface area contributed by atoms with E-state index in [4.69, 9.17) is 11.6 Å². The van der Waals surface area contributed by atoms with E-state index in [1.807, 2.05) is 0 Å². The van der Waals surface area contributed by atoms with Gasteiger partial charge >= 0.3 is 5.69 Å². The fraction of sp³-hybridized carbons (Fsp3) is 0.238. The zero-order valence-electron chi connectivity index (χ0n) is 16.3. The van der Waals surface area contributed by atoms with Crippen molar-refractivity contribution in [2.24, 2.45) is 0 Å². The van der Waals surface area contributed by atoms with Crippen molar-refractivity contribution in [3.63, 3.8) is 0 Å². The number of alkyl halides is 2. The van der Waals surface area contributed by atoms with Crippen molar-refractivity contribution in [1.29, 1.82) is 0 Å². The van der Waals surface area contributed by atoms with E-state index in [2.05, 4.69) is 21.8 Å². The van der Waals surface area contributed by atoms with Crippen molar-refractivity contribution in [3.05, 3.63) is 63.0 Å². The number of aromatic amines is 1. The molecule has 0 atom stereocenters. The summed E-state index contributed by atoms with van der Waals surface area (Å²) in [5, 5.41) is 9.56. The van der Waals surface area contributed by atoms with Crippen molar-refractivity contribution in [3.8, 4) is 11.8 Å². The average Bonchev–Trinajstić information content (AvgIpc) is 2.63. The highest BCUT2D eigenvalue weighted by atomic mass is 35.5. The Labute approximate surface area is 179 Å². The molecule has 5 nitrogen and oxygen atoms in total. The van der Waals surface area contributed by atoms with Gasteiger partial charge in [0, 0.05) is 16.6 Å². The first-order valence-corrected chi connectivity index (χ1v) is 9.31. The Morgan fingerprint density at radius 1 is 1.19 bits per heavy atom. The molecule has 0 saturated heterocycles. The second kappa shape index (κ2) is 8.57. The van der Waals surface area contributed by atoms with Gasteiger partial charge in [-0.2, -0.15) is 4.98 Å². The summed E-state index contributed by atoms with van der Waals surface area (Å²) in [7, 11) is 0. The van der Waals surface area contributed by atoms with Crippen LogP contribution in [0.25, 0.3) is 10.9 Å². The molecule has 2 N–H and O–H groups in total. The van der Waals surface area contributed by atoms with E-state index >= 15 is 0 Å². The minimum Gasteiger partial charge on any atom is -0.378 e. The first kappa shape index (κ1) is 22.6. The molecule has 0 aliphatic rings. The Bertz CT molecular complexity index is 1260. The van der Waals surface area contributed by atoms with Gasteiger partial charge in [-0.15, -0.1) is 0 Å². The molecule has 0 saturated carbocycles. The maximum absolute atomic E-state index is 14.3. The molecule has 0 amide bonds. The summed E-state index contributed by atoms with van der Waals surface area (Å²) in [6.07, 6.45) is -2.91. The number of nitrogens with one attached hydrogen (secondary N) is 1. The average molecular weight is 454 g/mol. The Kier molecular flexibility index (Phi) is 6.25. The fourth-order valence-electron chi connectivity index (χ4n) is 2.85. The molecule has 1 heterocycles. The van der Waals surface area contributed by atoms with E-state index in [0.717, 1.165) is 29.2 Å². The number of nitrogens with zero attached hydrogens (tertiary/aromatic N) is 2. The molecule has 10 heteroatoms. The zero-order valence-corrected chi connectivity index (χ0v) is 17.1. The van der Waals surface area contributed by atoms with Gasteiger partial charge in [0.1, 0.15) is 23.1 Å². The van der Waals surface area contributed by atoms with Crippen molar-refractivity contribution in [2.45, 2.75) is 25.9 Å². The van der Waals surface area contributed by atoms with Crippen LogP contribution >= 0.6 is 11.6 Å². The van der Waals surface area contributed by atoms with Gasteiger partial charge in [-0.1, -0.05) is 23.4 Å². The standard InChI is InChI=1S/C21H16ClF4N3O2/c1-21(2,31)4-3-11-5-12(23)7-14(6-11)29(10-17(25)26)19-15-8-13(24)9-16(22)18(15)27-20(30)28-19/h5-9,17,31H,10H2,1-2H3,(H,27,28,30). The van der Waals surface area contributed by atoms with Gasteiger partial charge in [0.2, 0.25) is 0 Å². The Balaban J connectivity index is 2.27. The third-order valence-corrected chi connectivity index (χ3v) is 4.32. The van der Waals surface area contributed by atoms with Crippen molar-refractivity contribution in [1.82, 2.24) is 9.97 Å². The summed E-state index contributed by atoms with van der Waals surface area (Å²) >= 11 is 5.99. The summed E-state index contributed by atoms with van der Waals surface area (Å²) in [6.45, 7) is 1.88. The lowest BCUT2D eigenvalue weighted by Gasteiger charge is -2.25. The molecule has 3 aromatic rings. The molecular weight excluding hydrogens is 438 g/mol. The lowest BCUT2D eigenvalue weighted by atomic mass is 10.1. The minimum absolute atomic E-state index is 0.00391. The molecular formula is C21H16ClF4N3O2. The van der Waals surface area contributed by atoms with Crippen LogP contribution in [0.15, 0.2) is 35.1 Å². The Morgan fingerprint density at radius 3 is 2.52 bits per heavy atom. The van der Waals surface area contributed by atoms with Crippen molar-refractivity contribution >= 4 is 34.0 Å². The van der Waals surface area contributed by atoms with Gasteiger partial charge in [-0.3, -0.25) is 0 Å². The number of aromatic nitrogens is 2. The number of anilines is 2.